The molecule has 0 spiro atoms. The van der Waals surface area contributed by atoms with Gasteiger partial charge in [0.25, 0.3) is 5.91 Å². The molecule has 2 aliphatic rings. The number of hydrogen-bond acceptors (Lipinski definition) is 5. The number of anilines is 1. The minimum Gasteiger partial charge on any atom is -0.366 e. The van der Waals surface area contributed by atoms with E-state index in [1.54, 1.807) is 4.90 Å². The van der Waals surface area contributed by atoms with Gasteiger partial charge in [0, 0.05) is 44.9 Å². The van der Waals surface area contributed by atoms with Crippen molar-refractivity contribution >= 4 is 23.8 Å². The van der Waals surface area contributed by atoms with Crippen molar-refractivity contribution in [3.05, 3.63) is 59.2 Å². The summed E-state index contributed by atoms with van der Waals surface area (Å²) in [4.78, 5) is 31.2. The van der Waals surface area contributed by atoms with E-state index in [9.17, 15) is 22.8 Å². The minimum atomic E-state index is -0.762. The normalized spacial score (nSPS) is 18.5. The van der Waals surface area contributed by atoms with Gasteiger partial charge < -0.3 is 15.5 Å². The number of urea groups is 1. The van der Waals surface area contributed by atoms with E-state index in [4.69, 9.17) is 5.73 Å². The Kier molecular flexibility index (Phi) is 5.49. The molecule has 162 valence electrons. The van der Waals surface area contributed by atoms with Gasteiger partial charge in [-0.2, -0.15) is 5.10 Å². The summed E-state index contributed by atoms with van der Waals surface area (Å²) >= 11 is 0. The lowest BCUT2D eigenvalue weighted by atomic mass is 10.0. The Morgan fingerprint density at radius 3 is 2.32 bits per heavy atom. The Morgan fingerprint density at radius 2 is 1.68 bits per heavy atom. The number of aromatic nitrogens is 1. The highest BCUT2D eigenvalue weighted by Crippen LogP contribution is 2.31. The molecule has 11 heteroatoms. The largest absolute Gasteiger partial charge is 0.366 e. The molecule has 2 aromatic rings. The van der Waals surface area contributed by atoms with Crippen molar-refractivity contribution in [3.8, 4) is 0 Å². The van der Waals surface area contributed by atoms with Gasteiger partial charge in [-0.3, -0.25) is 4.79 Å². The number of pyridine rings is 1. The zero-order valence-corrected chi connectivity index (χ0v) is 16.3. The molecule has 2 N–H and O–H groups in total. The molecule has 1 aromatic heterocycles. The number of piperazine rings is 1. The average molecular weight is 432 g/mol. The first-order valence-corrected chi connectivity index (χ1v) is 9.60. The van der Waals surface area contributed by atoms with Crippen molar-refractivity contribution in [2.75, 3.05) is 31.1 Å². The third kappa shape index (κ3) is 4.16. The number of benzene rings is 1. The van der Waals surface area contributed by atoms with Crippen LogP contribution in [0.15, 0.2) is 35.6 Å². The van der Waals surface area contributed by atoms with Crippen LogP contribution in [0.25, 0.3) is 0 Å². The molecule has 3 amide bonds. The fourth-order valence-corrected chi connectivity index (χ4v) is 3.73. The van der Waals surface area contributed by atoms with Crippen molar-refractivity contribution in [1.82, 2.24) is 14.9 Å². The summed E-state index contributed by atoms with van der Waals surface area (Å²) in [5, 5.41) is 5.30. The molecular weight excluding hydrogens is 413 g/mol. The molecule has 3 heterocycles. The fraction of sp³-hybridized carbons (Fsp3) is 0.300. The molecule has 4 rings (SSSR count). The number of amides is 3. The van der Waals surface area contributed by atoms with Crippen LogP contribution in [0.3, 0.4) is 0 Å². The number of nitrogens with two attached hydrogens (primary N) is 1. The Morgan fingerprint density at radius 1 is 1.00 bits per heavy atom. The van der Waals surface area contributed by atoms with Crippen LogP contribution in [0.1, 0.15) is 28.5 Å². The van der Waals surface area contributed by atoms with E-state index in [0.717, 1.165) is 12.3 Å². The van der Waals surface area contributed by atoms with Gasteiger partial charge in [-0.15, -0.1) is 0 Å². The second-order valence-electron chi connectivity index (χ2n) is 7.24. The predicted octanol–water partition coefficient (Wildman–Crippen LogP) is 2.27. The summed E-state index contributed by atoms with van der Waals surface area (Å²) in [6.07, 6.45) is 2.81. The van der Waals surface area contributed by atoms with Crippen molar-refractivity contribution in [2.45, 2.75) is 12.5 Å². The lowest BCUT2D eigenvalue weighted by molar-refractivity contribution is 0.0995. The molecule has 31 heavy (non-hydrogen) atoms. The summed E-state index contributed by atoms with van der Waals surface area (Å²) < 4.78 is 41.4. The first-order chi connectivity index (χ1) is 14.8. The van der Waals surface area contributed by atoms with E-state index in [1.165, 1.54) is 34.3 Å². The Hall–Kier alpha value is -3.63. The Balaban J connectivity index is 1.45. The standard InChI is InChI=1S/C20H19F3N6O2/c21-13-7-12(8-14(22)9-13)17-1-2-26-29(17)20(31)28-5-3-27(4-6-28)18-10-16(19(24)30)25-11-15(18)23/h2,7-11,17H,1,3-6H2,(H2,24,30)/t17-/m0/s1. The van der Waals surface area contributed by atoms with Crippen molar-refractivity contribution in [1.29, 1.82) is 0 Å². The average Bonchev–Trinajstić information content (AvgIpc) is 3.23. The van der Waals surface area contributed by atoms with Gasteiger partial charge in [0.05, 0.1) is 17.9 Å². The molecule has 0 saturated carbocycles. The fourth-order valence-electron chi connectivity index (χ4n) is 3.73. The number of carbonyl (C=O) groups excluding carboxylic acids is 2. The van der Waals surface area contributed by atoms with Crippen LogP contribution in [0.4, 0.5) is 23.7 Å². The maximum absolute atomic E-state index is 14.2. The number of rotatable bonds is 3. The summed E-state index contributed by atoms with van der Waals surface area (Å²) in [7, 11) is 0. The summed E-state index contributed by atoms with van der Waals surface area (Å²) in [6.45, 7) is 1.15. The van der Waals surface area contributed by atoms with Crippen LogP contribution in [0.2, 0.25) is 0 Å². The first-order valence-electron chi connectivity index (χ1n) is 9.60. The molecule has 1 atom stereocenters. The van der Waals surface area contributed by atoms with Crippen LogP contribution >= 0.6 is 0 Å². The highest BCUT2D eigenvalue weighted by molar-refractivity contribution is 5.91. The molecule has 0 unspecified atom stereocenters. The first kappa shape index (κ1) is 20.6. The highest BCUT2D eigenvalue weighted by atomic mass is 19.1. The third-order valence-electron chi connectivity index (χ3n) is 5.27. The van der Waals surface area contributed by atoms with E-state index in [1.807, 2.05) is 0 Å². The van der Waals surface area contributed by atoms with Crippen molar-refractivity contribution < 1.29 is 22.8 Å². The van der Waals surface area contributed by atoms with E-state index in [0.29, 0.717) is 25.1 Å². The zero-order valence-electron chi connectivity index (χ0n) is 16.3. The second kappa shape index (κ2) is 8.25. The number of nitrogens with zero attached hydrogens (tertiary/aromatic N) is 5. The van der Waals surface area contributed by atoms with Gasteiger partial charge in [-0.05, 0) is 23.8 Å². The summed E-state index contributed by atoms with van der Waals surface area (Å²) in [5.74, 6) is -2.81. The van der Waals surface area contributed by atoms with Gasteiger partial charge in [0.2, 0.25) is 0 Å². The zero-order chi connectivity index (χ0) is 22.1. The quantitative estimate of drug-likeness (QED) is 0.805. The van der Waals surface area contributed by atoms with Gasteiger partial charge in [-0.1, -0.05) is 0 Å². The SMILES string of the molecule is NC(=O)c1cc(N2CCN(C(=O)N3N=CC[C@H]3c3cc(F)cc(F)c3)CC2)c(F)cn1. The second-order valence-corrected chi connectivity index (χ2v) is 7.24. The van der Waals surface area contributed by atoms with Crippen molar-refractivity contribution in [3.63, 3.8) is 0 Å². The predicted molar refractivity (Wildman–Crippen MR) is 106 cm³/mol. The van der Waals surface area contributed by atoms with E-state index >= 15 is 0 Å². The van der Waals surface area contributed by atoms with E-state index in [2.05, 4.69) is 10.1 Å². The highest BCUT2D eigenvalue weighted by Gasteiger charge is 2.34. The van der Waals surface area contributed by atoms with Crippen LogP contribution in [0, 0.1) is 17.5 Å². The van der Waals surface area contributed by atoms with Gasteiger partial charge in [-0.25, -0.2) is 28.0 Å². The molecule has 0 radical (unpaired) electrons. The number of primary amides is 1. The van der Waals surface area contributed by atoms with Gasteiger partial charge in [0.15, 0.2) is 5.82 Å². The number of hydrazone groups is 1. The molecule has 1 aromatic carbocycles. The van der Waals surface area contributed by atoms with Gasteiger partial charge >= 0.3 is 6.03 Å². The number of halogens is 3. The third-order valence-corrected chi connectivity index (χ3v) is 5.27. The minimum absolute atomic E-state index is 0.0496. The number of carbonyl (C=O) groups is 2. The summed E-state index contributed by atoms with van der Waals surface area (Å²) in [5.41, 5.74) is 5.67. The maximum atomic E-state index is 14.2. The number of hydrogen-bond donors (Lipinski definition) is 1. The molecule has 2 aliphatic heterocycles. The van der Waals surface area contributed by atoms with E-state index < -0.39 is 35.4 Å². The monoisotopic (exact) mass is 432 g/mol. The van der Waals surface area contributed by atoms with Crippen LogP contribution in [0.5, 0.6) is 0 Å². The lowest BCUT2D eigenvalue weighted by Gasteiger charge is -2.38. The molecule has 1 saturated heterocycles. The smallest absolute Gasteiger partial charge is 0.341 e. The van der Waals surface area contributed by atoms with Crippen LogP contribution < -0.4 is 10.6 Å². The van der Waals surface area contributed by atoms with Gasteiger partial charge in [0.1, 0.15) is 17.3 Å². The lowest BCUT2D eigenvalue weighted by Crippen LogP contribution is -2.52. The Bertz CT molecular complexity index is 1030. The topological polar surface area (TPSA) is 95.1 Å². The molecule has 0 bridgehead atoms. The molecule has 8 nitrogen and oxygen atoms in total. The maximum Gasteiger partial charge on any atom is 0.341 e. The summed E-state index contributed by atoms with van der Waals surface area (Å²) in [6, 6.07) is 3.41. The Labute approximate surface area is 175 Å². The van der Waals surface area contributed by atoms with Crippen LogP contribution in [-0.4, -0.2) is 59.2 Å². The molecule has 1 fully saturated rings. The molecule has 0 aliphatic carbocycles. The van der Waals surface area contributed by atoms with E-state index in [-0.39, 0.29) is 24.5 Å². The van der Waals surface area contributed by atoms with Crippen molar-refractivity contribution in [2.24, 2.45) is 10.8 Å². The van der Waals surface area contributed by atoms with Crippen LogP contribution in [-0.2, 0) is 0 Å². The molecular formula is C20H19F3N6O2.